The Morgan fingerprint density at radius 1 is 1.40 bits per heavy atom. The first-order valence-corrected chi connectivity index (χ1v) is 8.05. The summed E-state index contributed by atoms with van der Waals surface area (Å²) in [5, 5.41) is 12.7. The van der Waals surface area contributed by atoms with Gasteiger partial charge in [-0.25, -0.2) is 0 Å². The lowest BCUT2D eigenvalue weighted by atomic mass is 9.64. The zero-order valence-corrected chi connectivity index (χ0v) is 13.2. The van der Waals surface area contributed by atoms with Gasteiger partial charge in [-0.2, -0.15) is 0 Å². The van der Waals surface area contributed by atoms with E-state index in [1.54, 1.807) is 11.8 Å². The molecule has 20 heavy (non-hydrogen) atoms. The van der Waals surface area contributed by atoms with E-state index in [1.165, 1.54) is 10.5 Å². The maximum atomic E-state index is 11.9. The normalized spacial score (nSPS) is 24.0. The number of aliphatic hydroxyl groups excluding tert-OH is 1. The highest BCUT2D eigenvalue weighted by molar-refractivity contribution is 7.99. The van der Waals surface area contributed by atoms with E-state index < -0.39 is 0 Å². The fourth-order valence-corrected chi connectivity index (χ4v) is 3.16. The van der Waals surface area contributed by atoms with Crippen molar-refractivity contribution in [1.82, 2.24) is 5.32 Å². The number of aryl methyl sites for hydroxylation is 1. The van der Waals surface area contributed by atoms with Crippen LogP contribution >= 0.6 is 11.8 Å². The standard InChI is InChI=1S/C16H23NO2S/c1-11-4-6-12(7-5-11)20-9-8-15(19)17-13-10-14(18)16(13,2)3/h4-7,13-14,18H,8-10H2,1-3H3,(H,17,19). The number of thioether (sulfide) groups is 1. The molecular formula is C16H23NO2S. The summed E-state index contributed by atoms with van der Waals surface area (Å²) < 4.78 is 0. The Labute approximate surface area is 125 Å². The molecule has 2 rings (SSSR count). The van der Waals surface area contributed by atoms with Gasteiger partial charge >= 0.3 is 0 Å². The second kappa shape index (κ2) is 6.19. The first kappa shape index (κ1) is 15.4. The lowest BCUT2D eigenvalue weighted by Crippen LogP contribution is -2.61. The maximum absolute atomic E-state index is 11.9. The fraction of sp³-hybridized carbons (Fsp3) is 0.562. The number of nitrogens with one attached hydrogen (secondary N) is 1. The third-order valence-electron chi connectivity index (χ3n) is 4.17. The molecule has 1 fully saturated rings. The van der Waals surface area contributed by atoms with Crippen molar-refractivity contribution < 1.29 is 9.90 Å². The van der Waals surface area contributed by atoms with Gasteiger partial charge in [0.15, 0.2) is 0 Å². The molecule has 0 aliphatic heterocycles. The van der Waals surface area contributed by atoms with Crippen LogP contribution in [-0.2, 0) is 4.79 Å². The van der Waals surface area contributed by atoms with Gasteiger partial charge in [-0.3, -0.25) is 4.79 Å². The fourth-order valence-electron chi connectivity index (χ4n) is 2.31. The van der Waals surface area contributed by atoms with Gasteiger partial charge in [0.1, 0.15) is 0 Å². The number of amides is 1. The van der Waals surface area contributed by atoms with E-state index >= 15 is 0 Å². The van der Waals surface area contributed by atoms with E-state index in [4.69, 9.17) is 0 Å². The summed E-state index contributed by atoms with van der Waals surface area (Å²) in [6.07, 6.45) is 0.889. The first-order valence-electron chi connectivity index (χ1n) is 7.06. The van der Waals surface area contributed by atoms with Crippen molar-refractivity contribution in [1.29, 1.82) is 0 Å². The minimum Gasteiger partial charge on any atom is -0.392 e. The summed E-state index contributed by atoms with van der Waals surface area (Å²) in [7, 11) is 0. The molecular weight excluding hydrogens is 270 g/mol. The van der Waals surface area contributed by atoms with Crippen LogP contribution in [0.5, 0.6) is 0 Å². The van der Waals surface area contributed by atoms with Gasteiger partial charge in [-0.1, -0.05) is 31.5 Å². The Bertz CT molecular complexity index is 470. The molecule has 1 aliphatic rings. The zero-order valence-electron chi connectivity index (χ0n) is 12.3. The summed E-state index contributed by atoms with van der Waals surface area (Å²) in [5.74, 6) is 0.861. The quantitative estimate of drug-likeness (QED) is 0.821. The second-order valence-electron chi connectivity index (χ2n) is 6.10. The van der Waals surface area contributed by atoms with Crippen molar-refractivity contribution in [3.05, 3.63) is 29.8 Å². The van der Waals surface area contributed by atoms with Crippen molar-refractivity contribution >= 4 is 17.7 Å². The van der Waals surface area contributed by atoms with E-state index in [9.17, 15) is 9.90 Å². The minimum absolute atomic E-state index is 0.0783. The van der Waals surface area contributed by atoms with E-state index in [2.05, 4.69) is 36.5 Å². The molecule has 0 spiro atoms. The van der Waals surface area contributed by atoms with Gasteiger partial charge in [-0.15, -0.1) is 11.8 Å². The maximum Gasteiger partial charge on any atom is 0.221 e. The minimum atomic E-state index is -0.297. The highest BCUT2D eigenvalue weighted by Crippen LogP contribution is 2.40. The molecule has 1 amide bonds. The third-order valence-corrected chi connectivity index (χ3v) is 5.18. The predicted octanol–water partition coefficient (Wildman–Crippen LogP) is 2.75. The molecule has 1 aromatic rings. The van der Waals surface area contributed by atoms with E-state index in [-0.39, 0.29) is 23.5 Å². The first-order chi connectivity index (χ1) is 9.39. The largest absolute Gasteiger partial charge is 0.392 e. The Morgan fingerprint density at radius 3 is 2.60 bits per heavy atom. The summed E-state index contributed by atoms with van der Waals surface area (Å²) in [6, 6.07) is 8.45. The van der Waals surface area contributed by atoms with Crippen LogP contribution in [0.4, 0.5) is 0 Å². The lowest BCUT2D eigenvalue weighted by Gasteiger charge is -2.49. The molecule has 3 nitrogen and oxygen atoms in total. The molecule has 0 bridgehead atoms. The molecule has 1 saturated carbocycles. The average Bonchev–Trinajstić information content (AvgIpc) is 2.41. The zero-order chi connectivity index (χ0) is 14.8. The number of aliphatic hydroxyl groups is 1. The molecule has 0 saturated heterocycles. The Morgan fingerprint density at radius 2 is 2.05 bits per heavy atom. The van der Waals surface area contributed by atoms with Crippen molar-refractivity contribution in [2.75, 3.05) is 5.75 Å². The average molecular weight is 293 g/mol. The Balaban J connectivity index is 1.70. The van der Waals surface area contributed by atoms with Gasteiger partial charge < -0.3 is 10.4 Å². The highest BCUT2D eigenvalue weighted by atomic mass is 32.2. The molecule has 1 aromatic carbocycles. The Hall–Kier alpha value is -1.00. The van der Waals surface area contributed by atoms with Crippen LogP contribution in [0.2, 0.25) is 0 Å². The molecule has 2 atom stereocenters. The molecule has 0 heterocycles. The smallest absolute Gasteiger partial charge is 0.221 e. The summed E-state index contributed by atoms with van der Waals surface area (Å²) in [5.41, 5.74) is 1.05. The van der Waals surface area contributed by atoms with Crippen molar-refractivity contribution in [3.63, 3.8) is 0 Å². The summed E-state index contributed by atoms with van der Waals surface area (Å²) in [4.78, 5) is 13.1. The summed E-state index contributed by atoms with van der Waals surface area (Å²) >= 11 is 1.70. The van der Waals surface area contributed by atoms with Gasteiger partial charge in [0, 0.05) is 28.5 Å². The van der Waals surface area contributed by atoms with Crippen LogP contribution in [0.1, 0.15) is 32.3 Å². The van der Waals surface area contributed by atoms with Crippen LogP contribution in [-0.4, -0.2) is 28.9 Å². The molecule has 2 N–H and O–H groups in total. The Kier molecular flexibility index (Phi) is 4.76. The number of hydrogen-bond acceptors (Lipinski definition) is 3. The molecule has 0 aromatic heterocycles. The van der Waals surface area contributed by atoms with Crippen LogP contribution in [0, 0.1) is 12.3 Å². The predicted molar refractivity (Wildman–Crippen MR) is 82.9 cm³/mol. The van der Waals surface area contributed by atoms with Gasteiger partial charge in [0.05, 0.1) is 6.10 Å². The third kappa shape index (κ3) is 3.55. The number of carbonyl (C=O) groups excluding carboxylic acids is 1. The molecule has 110 valence electrons. The van der Waals surface area contributed by atoms with Crippen molar-refractivity contribution in [2.45, 2.75) is 50.7 Å². The summed E-state index contributed by atoms with van der Waals surface area (Å²) in [6.45, 7) is 6.05. The second-order valence-corrected chi connectivity index (χ2v) is 7.27. The lowest BCUT2D eigenvalue weighted by molar-refractivity contribution is -0.128. The molecule has 4 heteroatoms. The van der Waals surface area contributed by atoms with Crippen LogP contribution in [0.25, 0.3) is 0 Å². The number of benzene rings is 1. The van der Waals surface area contributed by atoms with Crippen LogP contribution in [0.3, 0.4) is 0 Å². The van der Waals surface area contributed by atoms with Gasteiger partial charge in [0.25, 0.3) is 0 Å². The van der Waals surface area contributed by atoms with Crippen molar-refractivity contribution in [2.24, 2.45) is 5.41 Å². The monoisotopic (exact) mass is 293 g/mol. The molecule has 1 aliphatic carbocycles. The van der Waals surface area contributed by atoms with Gasteiger partial charge in [-0.05, 0) is 25.5 Å². The number of hydrogen-bond donors (Lipinski definition) is 2. The van der Waals surface area contributed by atoms with E-state index in [0.717, 1.165) is 5.75 Å². The van der Waals surface area contributed by atoms with E-state index in [1.807, 2.05) is 13.8 Å². The van der Waals surface area contributed by atoms with E-state index in [0.29, 0.717) is 12.8 Å². The van der Waals surface area contributed by atoms with Crippen LogP contribution in [0.15, 0.2) is 29.2 Å². The molecule has 0 radical (unpaired) electrons. The highest BCUT2D eigenvalue weighted by Gasteiger charge is 2.47. The number of rotatable bonds is 5. The van der Waals surface area contributed by atoms with Crippen LogP contribution < -0.4 is 5.32 Å². The topological polar surface area (TPSA) is 49.3 Å². The SMILES string of the molecule is Cc1ccc(SCCC(=O)NC2CC(O)C2(C)C)cc1. The molecule has 2 unspecified atom stereocenters. The number of carbonyl (C=O) groups is 1. The van der Waals surface area contributed by atoms with Gasteiger partial charge in [0.2, 0.25) is 5.91 Å². The van der Waals surface area contributed by atoms with Crippen molar-refractivity contribution in [3.8, 4) is 0 Å².